The maximum atomic E-state index is 12.9. The van der Waals surface area contributed by atoms with E-state index in [1.54, 1.807) is 0 Å². The number of Topliss-reactive ketones (excluding diaryl/α,β-unsaturated/α-hetero) is 1. The number of hydrogen-bond donors (Lipinski definition) is 0. The van der Waals surface area contributed by atoms with Gasteiger partial charge >= 0.3 is 0 Å². The van der Waals surface area contributed by atoms with Crippen LogP contribution in [-0.4, -0.2) is 21.9 Å². The fourth-order valence-electron chi connectivity index (χ4n) is 4.55. The van der Waals surface area contributed by atoms with Crippen LogP contribution in [0.25, 0.3) is 11.3 Å². The first-order chi connectivity index (χ1) is 16.0. The highest BCUT2D eigenvalue weighted by molar-refractivity contribution is 5.83. The van der Waals surface area contributed by atoms with Crippen LogP contribution in [0.5, 0.6) is 5.75 Å². The van der Waals surface area contributed by atoms with Gasteiger partial charge in [0.25, 0.3) is 0 Å². The van der Waals surface area contributed by atoms with Crippen LogP contribution in [0, 0.1) is 12.8 Å². The van der Waals surface area contributed by atoms with Gasteiger partial charge in [0.2, 0.25) is 0 Å². The molecule has 1 heterocycles. The van der Waals surface area contributed by atoms with Gasteiger partial charge in [-0.3, -0.25) is 9.78 Å². The zero-order chi connectivity index (χ0) is 23.2. The van der Waals surface area contributed by atoms with Gasteiger partial charge in [0.15, 0.2) is 0 Å². The average molecular weight is 443 g/mol. The Hall–Kier alpha value is -3.01. The molecule has 1 aliphatic rings. The fraction of sp³-hybridized carbons (Fsp3) is 0.414. The molecule has 1 saturated carbocycles. The highest BCUT2D eigenvalue weighted by Gasteiger charge is 2.20. The highest BCUT2D eigenvalue weighted by Crippen LogP contribution is 2.29. The number of aryl methyl sites for hydroxylation is 1. The molecular weight excluding hydrogens is 408 g/mol. The van der Waals surface area contributed by atoms with Gasteiger partial charge in [-0.05, 0) is 50.8 Å². The van der Waals surface area contributed by atoms with Gasteiger partial charge in [0.1, 0.15) is 11.5 Å². The Labute approximate surface area is 197 Å². The van der Waals surface area contributed by atoms with Crippen molar-refractivity contribution in [2.24, 2.45) is 5.92 Å². The third kappa shape index (κ3) is 6.50. The number of rotatable bonds is 9. The van der Waals surface area contributed by atoms with Crippen LogP contribution in [0.3, 0.4) is 0 Å². The molecule has 0 atom stereocenters. The van der Waals surface area contributed by atoms with E-state index < -0.39 is 0 Å². The first kappa shape index (κ1) is 23.2. The largest absolute Gasteiger partial charge is 0.491 e. The molecular formula is C29H34N2O2. The third-order valence-electron chi connectivity index (χ3n) is 6.30. The number of benzene rings is 2. The van der Waals surface area contributed by atoms with E-state index in [4.69, 9.17) is 14.7 Å². The number of hydrogen-bond acceptors (Lipinski definition) is 4. The van der Waals surface area contributed by atoms with Crippen LogP contribution in [0.15, 0.2) is 54.7 Å². The van der Waals surface area contributed by atoms with Crippen molar-refractivity contribution in [1.82, 2.24) is 9.97 Å². The molecule has 1 fully saturated rings. The van der Waals surface area contributed by atoms with E-state index >= 15 is 0 Å². The summed E-state index contributed by atoms with van der Waals surface area (Å²) >= 11 is 0. The second-order valence-electron chi connectivity index (χ2n) is 9.57. The molecule has 1 aliphatic carbocycles. The van der Waals surface area contributed by atoms with Crippen molar-refractivity contribution < 1.29 is 9.53 Å². The molecule has 172 valence electrons. The summed E-state index contributed by atoms with van der Waals surface area (Å²) in [5, 5.41) is 0. The van der Waals surface area contributed by atoms with Crippen molar-refractivity contribution >= 4 is 5.78 Å². The van der Waals surface area contributed by atoms with Crippen molar-refractivity contribution in [2.45, 2.75) is 71.8 Å². The van der Waals surface area contributed by atoms with Crippen LogP contribution in [-0.2, 0) is 24.1 Å². The summed E-state index contributed by atoms with van der Waals surface area (Å²) < 4.78 is 5.70. The maximum absolute atomic E-state index is 12.9. The smallest absolute Gasteiger partial charge is 0.143 e. The molecule has 0 amide bonds. The van der Waals surface area contributed by atoms with Crippen LogP contribution < -0.4 is 4.74 Å². The summed E-state index contributed by atoms with van der Waals surface area (Å²) in [7, 11) is 0. The van der Waals surface area contributed by atoms with E-state index in [-0.39, 0.29) is 11.9 Å². The lowest BCUT2D eigenvalue weighted by Crippen LogP contribution is -2.14. The number of aromatic nitrogens is 2. The molecule has 4 rings (SSSR count). The van der Waals surface area contributed by atoms with Crippen molar-refractivity contribution in [3.8, 4) is 17.0 Å². The summed E-state index contributed by atoms with van der Waals surface area (Å²) in [5.41, 5.74) is 6.01. The zero-order valence-electron chi connectivity index (χ0n) is 20.0. The summed E-state index contributed by atoms with van der Waals surface area (Å²) in [5.74, 6) is 1.64. The second-order valence-corrected chi connectivity index (χ2v) is 9.57. The number of nitrogens with zero attached hydrogens (tertiary/aromatic N) is 2. The van der Waals surface area contributed by atoms with Gasteiger partial charge in [-0.15, -0.1) is 0 Å². The van der Waals surface area contributed by atoms with Crippen LogP contribution in [0.2, 0.25) is 0 Å². The quantitative estimate of drug-likeness (QED) is 0.389. The molecule has 0 N–H and O–H groups in total. The molecule has 0 bridgehead atoms. The fourth-order valence-corrected chi connectivity index (χ4v) is 4.55. The van der Waals surface area contributed by atoms with Crippen molar-refractivity contribution in [3.05, 3.63) is 77.2 Å². The summed E-state index contributed by atoms with van der Waals surface area (Å²) in [6, 6.07) is 16.2. The van der Waals surface area contributed by atoms with Gasteiger partial charge in [-0.1, -0.05) is 67.6 Å². The van der Waals surface area contributed by atoms with E-state index in [0.29, 0.717) is 18.8 Å². The normalized spacial score (nSPS) is 14.1. The van der Waals surface area contributed by atoms with Gasteiger partial charge in [-0.25, -0.2) is 4.98 Å². The minimum absolute atomic E-state index is 0.136. The van der Waals surface area contributed by atoms with Gasteiger partial charge in [0.05, 0.1) is 35.8 Å². The molecule has 4 nitrogen and oxygen atoms in total. The summed E-state index contributed by atoms with van der Waals surface area (Å²) in [4.78, 5) is 22.7. The molecule has 0 unspecified atom stereocenters. The van der Waals surface area contributed by atoms with E-state index in [0.717, 1.165) is 40.4 Å². The first-order valence-corrected chi connectivity index (χ1v) is 12.2. The van der Waals surface area contributed by atoms with Gasteiger partial charge < -0.3 is 4.74 Å². The highest BCUT2D eigenvalue weighted by atomic mass is 16.5. The third-order valence-corrected chi connectivity index (χ3v) is 6.30. The minimum atomic E-state index is 0.136. The molecule has 0 spiro atoms. The van der Waals surface area contributed by atoms with Gasteiger partial charge in [0, 0.05) is 12.0 Å². The van der Waals surface area contributed by atoms with Crippen molar-refractivity contribution in [3.63, 3.8) is 0 Å². The predicted molar refractivity (Wildman–Crippen MR) is 132 cm³/mol. The molecule has 0 aliphatic heterocycles. The Morgan fingerprint density at radius 1 is 0.970 bits per heavy atom. The Bertz CT molecular complexity index is 1070. The van der Waals surface area contributed by atoms with E-state index in [1.807, 2.05) is 44.3 Å². The lowest BCUT2D eigenvalue weighted by atomic mass is 9.97. The molecule has 3 aromatic rings. The Morgan fingerprint density at radius 3 is 2.33 bits per heavy atom. The first-order valence-electron chi connectivity index (χ1n) is 12.2. The van der Waals surface area contributed by atoms with Gasteiger partial charge in [-0.2, -0.15) is 0 Å². The summed E-state index contributed by atoms with van der Waals surface area (Å²) in [6.45, 7) is 6.10. The Balaban J connectivity index is 1.50. The zero-order valence-corrected chi connectivity index (χ0v) is 20.0. The maximum Gasteiger partial charge on any atom is 0.143 e. The summed E-state index contributed by atoms with van der Waals surface area (Å²) in [6.07, 6.45) is 8.67. The van der Waals surface area contributed by atoms with E-state index in [1.165, 1.54) is 31.2 Å². The standard InChI is InChI=1S/C29H34N2O2/c1-20(2)33-26-14-10-23(11-15-26)16-25(32)18-27-28(17-22-6-4-5-7-22)31-29(19-30-27)24-12-8-21(3)9-13-24/h8-15,19-20,22H,4-7,16-18H2,1-3H3. The number of ether oxygens (including phenoxy) is 1. The average Bonchev–Trinajstić information content (AvgIpc) is 3.30. The molecule has 0 saturated heterocycles. The van der Waals surface area contributed by atoms with Crippen LogP contribution in [0.4, 0.5) is 0 Å². The monoisotopic (exact) mass is 442 g/mol. The second kappa shape index (κ2) is 10.7. The number of carbonyl (C=O) groups excluding carboxylic acids is 1. The lowest BCUT2D eigenvalue weighted by molar-refractivity contribution is -0.117. The molecule has 4 heteroatoms. The van der Waals surface area contributed by atoms with Crippen molar-refractivity contribution in [1.29, 1.82) is 0 Å². The van der Waals surface area contributed by atoms with Crippen LogP contribution >= 0.6 is 0 Å². The Kier molecular flexibility index (Phi) is 7.54. The predicted octanol–water partition coefficient (Wildman–Crippen LogP) is 6.33. The lowest BCUT2D eigenvalue weighted by Gasteiger charge is -2.14. The number of ketones is 1. The molecule has 1 aromatic heterocycles. The molecule has 33 heavy (non-hydrogen) atoms. The topological polar surface area (TPSA) is 52.1 Å². The van der Waals surface area contributed by atoms with E-state index in [2.05, 4.69) is 31.2 Å². The van der Waals surface area contributed by atoms with E-state index in [9.17, 15) is 4.79 Å². The van der Waals surface area contributed by atoms with Crippen LogP contribution in [0.1, 0.15) is 62.0 Å². The number of carbonyl (C=O) groups is 1. The molecule has 2 aromatic carbocycles. The minimum Gasteiger partial charge on any atom is -0.491 e. The van der Waals surface area contributed by atoms with Crippen molar-refractivity contribution in [2.75, 3.05) is 0 Å². The Morgan fingerprint density at radius 2 is 1.67 bits per heavy atom. The SMILES string of the molecule is Cc1ccc(-c2cnc(CC(=O)Cc3ccc(OC(C)C)cc3)c(CC3CCCC3)n2)cc1. The molecule has 0 radical (unpaired) electrons.